The van der Waals surface area contributed by atoms with Gasteiger partial charge in [-0.3, -0.25) is 10.1 Å². The maximum atomic E-state index is 12.1. The van der Waals surface area contributed by atoms with Crippen LogP contribution in [0.25, 0.3) is 16.3 Å². The van der Waals surface area contributed by atoms with Crippen molar-refractivity contribution < 1.29 is 9.53 Å². The van der Waals surface area contributed by atoms with E-state index >= 15 is 0 Å². The topological polar surface area (TPSA) is 51.2 Å². The van der Waals surface area contributed by atoms with Crippen molar-refractivity contribution in [1.29, 1.82) is 0 Å². The molecule has 4 nitrogen and oxygen atoms in total. The minimum Gasteiger partial charge on any atom is -0.494 e. The Hall–Kier alpha value is -2.37. The zero-order valence-electron chi connectivity index (χ0n) is 14.4. The van der Waals surface area contributed by atoms with Crippen molar-refractivity contribution in [2.75, 3.05) is 11.9 Å². The Kier molecular flexibility index (Phi) is 6.26. The lowest BCUT2D eigenvalue weighted by Crippen LogP contribution is -2.07. The lowest BCUT2D eigenvalue weighted by molar-refractivity contribution is -0.111. The van der Waals surface area contributed by atoms with Crippen LogP contribution < -0.4 is 10.1 Å². The van der Waals surface area contributed by atoms with Gasteiger partial charge in [0.15, 0.2) is 5.13 Å². The zero-order chi connectivity index (χ0) is 18.4. The summed E-state index contributed by atoms with van der Waals surface area (Å²) in [5.41, 5.74) is 1.75. The molecule has 0 saturated heterocycles. The number of hydrogen-bond donors (Lipinski definition) is 1. The van der Waals surface area contributed by atoms with Gasteiger partial charge in [-0.2, -0.15) is 0 Å². The number of hydrogen-bond acceptors (Lipinski definition) is 4. The van der Waals surface area contributed by atoms with Gasteiger partial charge in [0.1, 0.15) is 5.75 Å². The Labute approximate surface area is 161 Å². The van der Waals surface area contributed by atoms with Crippen molar-refractivity contribution in [3.8, 4) is 5.75 Å². The van der Waals surface area contributed by atoms with Crippen molar-refractivity contribution in [3.05, 3.63) is 59.1 Å². The van der Waals surface area contributed by atoms with Crippen molar-refractivity contribution >= 4 is 50.3 Å². The van der Waals surface area contributed by atoms with Crippen molar-refractivity contribution in [2.24, 2.45) is 0 Å². The summed E-state index contributed by atoms with van der Waals surface area (Å²) in [6.07, 6.45) is 5.35. The third kappa shape index (κ3) is 5.07. The molecule has 0 unspecified atom stereocenters. The molecular formula is C20H19ClN2O2S. The van der Waals surface area contributed by atoms with Crippen LogP contribution >= 0.6 is 22.9 Å². The molecule has 6 heteroatoms. The number of halogens is 1. The number of ether oxygens (including phenoxy) is 1. The van der Waals surface area contributed by atoms with Crippen LogP contribution in [0.4, 0.5) is 5.13 Å². The highest BCUT2D eigenvalue weighted by atomic mass is 35.5. The molecule has 1 aromatic heterocycles. The molecule has 0 spiro atoms. The molecule has 0 saturated carbocycles. The molecule has 0 aliphatic heterocycles. The van der Waals surface area contributed by atoms with Gasteiger partial charge < -0.3 is 4.74 Å². The number of nitrogens with zero attached hydrogens (tertiary/aromatic N) is 1. The van der Waals surface area contributed by atoms with E-state index in [0.717, 1.165) is 34.4 Å². The molecular weight excluding hydrogens is 368 g/mol. The highest BCUT2D eigenvalue weighted by Gasteiger charge is 2.07. The summed E-state index contributed by atoms with van der Waals surface area (Å²) >= 11 is 7.28. The molecule has 1 amide bonds. The van der Waals surface area contributed by atoms with Gasteiger partial charge in [0, 0.05) is 11.1 Å². The van der Waals surface area contributed by atoms with Crippen LogP contribution in [-0.4, -0.2) is 17.5 Å². The van der Waals surface area contributed by atoms with Crippen LogP contribution in [0, 0.1) is 0 Å². The second kappa shape index (κ2) is 8.83. The number of nitrogens with one attached hydrogen (secondary N) is 1. The molecule has 0 bridgehead atoms. The SMILES string of the molecule is CCCCOc1ccc2nc(NC(=O)/C=C/c3ccc(Cl)cc3)sc2c1. The van der Waals surface area contributed by atoms with Gasteiger partial charge in [0.2, 0.25) is 5.91 Å². The number of thiazole rings is 1. The summed E-state index contributed by atoms with van der Waals surface area (Å²) in [5.74, 6) is 0.605. The van der Waals surface area contributed by atoms with Gasteiger partial charge in [-0.15, -0.1) is 0 Å². The Morgan fingerprint density at radius 2 is 2.08 bits per heavy atom. The minimum absolute atomic E-state index is 0.224. The second-order valence-corrected chi connectivity index (χ2v) is 7.19. The first kappa shape index (κ1) is 18.4. The van der Waals surface area contributed by atoms with Crippen LogP contribution in [0.5, 0.6) is 5.75 Å². The molecule has 0 aliphatic carbocycles. The van der Waals surface area contributed by atoms with Gasteiger partial charge in [-0.1, -0.05) is 48.4 Å². The maximum Gasteiger partial charge on any atom is 0.250 e. The average molecular weight is 387 g/mol. The molecule has 26 heavy (non-hydrogen) atoms. The second-order valence-electron chi connectivity index (χ2n) is 5.72. The normalized spacial score (nSPS) is 11.2. The molecule has 3 aromatic rings. The summed E-state index contributed by atoms with van der Waals surface area (Å²) in [7, 11) is 0. The molecule has 0 atom stereocenters. The van der Waals surface area contributed by atoms with Crippen molar-refractivity contribution in [3.63, 3.8) is 0 Å². The maximum absolute atomic E-state index is 12.1. The van der Waals surface area contributed by atoms with E-state index in [0.29, 0.717) is 16.8 Å². The molecule has 134 valence electrons. The van der Waals surface area contributed by atoms with Crippen molar-refractivity contribution in [1.82, 2.24) is 4.98 Å². The van der Waals surface area contributed by atoms with E-state index in [1.165, 1.54) is 17.4 Å². The fraction of sp³-hybridized carbons (Fsp3) is 0.200. The van der Waals surface area contributed by atoms with Gasteiger partial charge in [-0.05, 0) is 48.4 Å². The summed E-state index contributed by atoms with van der Waals surface area (Å²) < 4.78 is 6.69. The van der Waals surface area contributed by atoms with Crippen LogP contribution in [0.2, 0.25) is 5.02 Å². The molecule has 1 N–H and O–H groups in total. The summed E-state index contributed by atoms with van der Waals surface area (Å²) in [6.45, 7) is 2.84. The third-order valence-corrected chi connectivity index (χ3v) is 4.84. The highest BCUT2D eigenvalue weighted by molar-refractivity contribution is 7.22. The number of unbranched alkanes of at least 4 members (excludes halogenated alkanes) is 1. The highest BCUT2D eigenvalue weighted by Crippen LogP contribution is 2.29. The Bertz CT molecular complexity index is 919. The van der Waals surface area contributed by atoms with Gasteiger partial charge in [0.25, 0.3) is 0 Å². The first-order valence-corrected chi connectivity index (χ1v) is 9.61. The van der Waals surface area contributed by atoms with Crippen molar-refractivity contribution in [2.45, 2.75) is 19.8 Å². The van der Waals surface area contributed by atoms with Crippen LogP contribution in [0.1, 0.15) is 25.3 Å². The van der Waals surface area contributed by atoms with Gasteiger partial charge in [0.05, 0.1) is 16.8 Å². The lowest BCUT2D eigenvalue weighted by Gasteiger charge is -2.04. The first-order chi connectivity index (χ1) is 12.6. The van der Waals surface area contributed by atoms with E-state index < -0.39 is 0 Å². The summed E-state index contributed by atoms with van der Waals surface area (Å²) in [6, 6.07) is 13.0. The van der Waals surface area contributed by atoms with E-state index in [9.17, 15) is 4.79 Å². The molecule has 0 aliphatic rings. The van der Waals surface area contributed by atoms with Crippen LogP contribution in [0.15, 0.2) is 48.5 Å². The number of benzene rings is 2. The van der Waals surface area contributed by atoms with Gasteiger partial charge in [-0.25, -0.2) is 4.98 Å². The average Bonchev–Trinajstić information content (AvgIpc) is 3.03. The number of fused-ring (bicyclic) bond motifs is 1. The quantitative estimate of drug-likeness (QED) is 0.413. The Balaban J connectivity index is 1.64. The van der Waals surface area contributed by atoms with E-state index in [-0.39, 0.29) is 5.91 Å². The molecule has 0 radical (unpaired) electrons. The van der Waals surface area contributed by atoms with Crippen LogP contribution in [-0.2, 0) is 4.79 Å². The predicted octanol–water partition coefficient (Wildman–Crippen LogP) is 5.78. The van der Waals surface area contributed by atoms with E-state index in [4.69, 9.17) is 16.3 Å². The largest absolute Gasteiger partial charge is 0.494 e. The zero-order valence-corrected chi connectivity index (χ0v) is 15.9. The fourth-order valence-corrected chi connectivity index (χ4v) is 3.30. The Morgan fingerprint density at radius 1 is 1.27 bits per heavy atom. The van der Waals surface area contributed by atoms with Crippen LogP contribution in [0.3, 0.4) is 0 Å². The van der Waals surface area contributed by atoms with Gasteiger partial charge >= 0.3 is 0 Å². The molecule has 1 heterocycles. The number of aromatic nitrogens is 1. The summed E-state index contributed by atoms with van der Waals surface area (Å²) in [4.78, 5) is 16.5. The minimum atomic E-state index is -0.224. The third-order valence-electron chi connectivity index (χ3n) is 3.65. The fourth-order valence-electron chi connectivity index (χ4n) is 2.28. The first-order valence-electron chi connectivity index (χ1n) is 8.42. The standard InChI is InChI=1S/C20H19ClN2O2S/c1-2-3-12-25-16-9-10-17-18(13-16)26-20(22-17)23-19(24)11-6-14-4-7-15(21)8-5-14/h4-11,13H,2-3,12H2,1H3,(H,22,23,24)/b11-6+. The Morgan fingerprint density at radius 3 is 2.85 bits per heavy atom. The monoisotopic (exact) mass is 386 g/mol. The van der Waals surface area contributed by atoms with E-state index in [1.54, 1.807) is 18.2 Å². The molecule has 0 fully saturated rings. The number of anilines is 1. The smallest absolute Gasteiger partial charge is 0.250 e. The summed E-state index contributed by atoms with van der Waals surface area (Å²) in [5, 5.41) is 4.03. The molecule has 2 aromatic carbocycles. The number of carbonyl (C=O) groups is 1. The number of rotatable bonds is 7. The van der Waals surface area contributed by atoms with E-state index in [2.05, 4.69) is 17.2 Å². The lowest BCUT2D eigenvalue weighted by atomic mass is 10.2. The number of carbonyl (C=O) groups excluding carboxylic acids is 1. The predicted molar refractivity (Wildman–Crippen MR) is 109 cm³/mol. The number of amides is 1. The molecule has 3 rings (SSSR count). The van der Waals surface area contributed by atoms with E-state index in [1.807, 2.05) is 30.3 Å².